The third-order valence-electron chi connectivity index (χ3n) is 5.73. The van der Waals surface area contributed by atoms with Crippen LogP contribution in [0.1, 0.15) is 39.9 Å². The van der Waals surface area contributed by atoms with E-state index in [1.807, 2.05) is 11.5 Å². The van der Waals surface area contributed by atoms with E-state index in [2.05, 4.69) is 10.1 Å². The van der Waals surface area contributed by atoms with Gasteiger partial charge < -0.3 is 9.47 Å². The van der Waals surface area contributed by atoms with Crippen molar-refractivity contribution in [1.82, 2.24) is 24.2 Å². The van der Waals surface area contributed by atoms with Crippen molar-refractivity contribution in [3.05, 3.63) is 58.9 Å². The summed E-state index contributed by atoms with van der Waals surface area (Å²) in [5.74, 6) is 0.393. The number of carbonyl (C=O) groups excluding carboxylic acids is 1. The zero-order valence-corrected chi connectivity index (χ0v) is 20.2. The Balaban J connectivity index is 1.82. The first-order valence-electron chi connectivity index (χ1n) is 10.8. The first-order valence-corrected chi connectivity index (χ1v) is 11.6. The number of nitrogens with one attached hydrogen (secondary N) is 2. The molecule has 35 heavy (non-hydrogen) atoms. The minimum atomic E-state index is -4.65. The van der Waals surface area contributed by atoms with E-state index >= 15 is 0 Å². The van der Waals surface area contributed by atoms with Crippen molar-refractivity contribution in [2.45, 2.75) is 33.0 Å². The Labute approximate surface area is 204 Å². The van der Waals surface area contributed by atoms with Gasteiger partial charge in [-0.2, -0.15) is 18.3 Å². The maximum Gasteiger partial charge on any atom is 0.435 e. The Morgan fingerprint density at radius 1 is 1.20 bits per heavy atom. The molecule has 0 fully saturated rings. The van der Waals surface area contributed by atoms with Crippen LogP contribution in [0.25, 0.3) is 11.1 Å². The number of halogens is 3. The molecule has 3 heterocycles. The SMILES string of the molecule is CC(=N)SC(=N)CN1CCc2c(cc(Cn3ccnc3C)cc2-c2cn(C)nc2C(F)(F)F)C1=O. The molecule has 0 atom stereocenters. The molecule has 3 aromatic rings. The van der Waals surface area contributed by atoms with Crippen LogP contribution in [0.15, 0.2) is 30.7 Å². The monoisotopic (exact) mass is 503 g/mol. The molecule has 1 amide bonds. The number of carbonyl (C=O) groups is 1. The lowest BCUT2D eigenvalue weighted by Crippen LogP contribution is -2.40. The minimum absolute atomic E-state index is 0.0417. The second kappa shape index (κ2) is 9.33. The summed E-state index contributed by atoms with van der Waals surface area (Å²) >= 11 is 0.973. The number of fused-ring (bicyclic) bond motifs is 1. The number of amides is 1. The average molecular weight is 504 g/mol. The van der Waals surface area contributed by atoms with Gasteiger partial charge in [-0.25, -0.2) is 4.98 Å². The maximum absolute atomic E-state index is 13.8. The van der Waals surface area contributed by atoms with Gasteiger partial charge in [-0.3, -0.25) is 20.3 Å². The molecular weight excluding hydrogens is 479 g/mol. The number of hydrogen-bond donors (Lipinski definition) is 2. The summed E-state index contributed by atoms with van der Waals surface area (Å²) in [7, 11) is 1.44. The van der Waals surface area contributed by atoms with Crippen LogP contribution in [0.5, 0.6) is 0 Å². The van der Waals surface area contributed by atoms with E-state index in [1.165, 1.54) is 18.1 Å². The number of hydrogen-bond acceptors (Lipinski definition) is 6. The van der Waals surface area contributed by atoms with Crippen molar-refractivity contribution in [2.24, 2.45) is 7.05 Å². The summed E-state index contributed by atoms with van der Waals surface area (Å²) in [5, 5.41) is 19.7. The first-order chi connectivity index (χ1) is 16.4. The number of thioether (sulfide) groups is 1. The molecule has 0 radical (unpaired) electrons. The molecule has 12 heteroatoms. The van der Waals surface area contributed by atoms with Crippen molar-refractivity contribution >= 4 is 27.8 Å². The van der Waals surface area contributed by atoms with Gasteiger partial charge in [0.2, 0.25) is 0 Å². The summed E-state index contributed by atoms with van der Waals surface area (Å²) in [6.07, 6.45) is 0.433. The highest BCUT2D eigenvalue weighted by Crippen LogP contribution is 2.40. The molecule has 8 nitrogen and oxygen atoms in total. The molecule has 0 aliphatic carbocycles. The zero-order valence-electron chi connectivity index (χ0n) is 19.4. The Morgan fingerprint density at radius 3 is 2.54 bits per heavy atom. The second-order valence-corrected chi connectivity index (χ2v) is 9.70. The second-order valence-electron chi connectivity index (χ2n) is 8.39. The van der Waals surface area contributed by atoms with Gasteiger partial charge in [0.15, 0.2) is 5.69 Å². The van der Waals surface area contributed by atoms with Crippen molar-refractivity contribution < 1.29 is 18.0 Å². The van der Waals surface area contributed by atoms with E-state index in [-0.39, 0.29) is 34.6 Å². The minimum Gasteiger partial charge on any atom is -0.332 e. The molecule has 2 aromatic heterocycles. The van der Waals surface area contributed by atoms with Crippen LogP contribution in [0.3, 0.4) is 0 Å². The van der Waals surface area contributed by atoms with Gasteiger partial charge in [-0.1, -0.05) is 11.8 Å². The number of aromatic nitrogens is 4. The molecule has 184 valence electrons. The predicted molar refractivity (Wildman–Crippen MR) is 128 cm³/mol. The number of alkyl halides is 3. The van der Waals surface area contributed by atoms with E-state index in [4.69, 9.17) is 10.8 Å². The lowest BCUT2D eigenvalue weighted by Gasteiger charge is -2.30. The normalized spacial score (nSPS) is 13.8. The van der Waals surface area contributed by atoms with Gasteiger partial charge in [0.05, 0.1) is 16.6 Å². The molecular formula is C23H24F3N7OS. The van der Waals surface area contributed by atoms with E-state index in [1.54, 1.807) is 31.5 Å². The van der Waals surface area contributed by atoms with Gasteiger partial charge in [0.1, 0.15) is 5.82 Å². The molecule has 1 aromatic carbocycles. The summed E-state index contributed by atoms with van der Waals surface area (Å²) in [5.41, 5.74) is 0.800. The Morgan fingerprint density at radius 2 is 1.91 bits per heavy atom. The molecule has 0 bridgehead atoms. The number of rotatable bonds is 5. The summed E-state index contributed by atoms with van der Waals surface area (Å²) < 4.78 is 44.4. The van der Waals surface area contributed by atoms with Crippen LogP contribution in [0.2, 0.25) is 0 Å². The first kappa shape index (κ1) is 24.7. The third-order valence-corrected chi connectivity index (χ3v) is 6.42. The number of imidazole rings is 1. The van der Waals surface area contributed by atoms with E-state index in [9.17, 15) is 18.0 Å². The zero-order chi connectivity index (χ0) is 25.5. The van der Waals surface area contributed by atoms with Crippen molar-refractivity contribution in [3.8, 4) is 11.1 Å². The highest BCUT2D eigenvalue weighted by atomic mass is 32.2. The largest absolute Gasteiger partial charge is 0.435 e. The summed E-state index contributed by atoms with van der Waals surface area (Å²) in [6, 6.07) is 3.42. The molecule has 0 unspecified atom stereocenters. The van der Waals surface area contributed by atoms with Gasteiger partial charge in [-0.05, 0) is 49.1 Å². The topological polar surface area (TPSA) is 104 Å². The molecule has 0 saturated carbocycles. The highest BCUT2D eigenvalue weighted by Gasteiger charge is 2.39. The quantitative estimate of drug-likeness (QED) is 0.399. The van der Waals surface area contributed by atoms with Gasteiger partial charge in [0.25, 0.3) is 5.91 Å². The maximum atomic E-state index is 13.8. The fraction of sp³-hybridized carbons (Fsp3) is 0.348. The molecule has 0 spiro atoms. The smallest absolute Gasteiger partial charge is 0.332 e. The highest BCUT2D eigenvalue weighted by molar-refractivity contribution is 8.26. The van der Waals surface area contributed by atoms with Crippen LogP contribution >= 0.6 is 11.8 Å². The molecule has 0 saturated heterocycles. The summed E-state index contributed by atoms with van der Waals surface area (Å²) in [6.45, 7) is 4.03. The number of nitrogens with zero attached hydrogens (tertiary/aromatic N) is 5. The van der Waals surface area contributed by atoms with Crippen LogP contribution in [0, 0.1) is 17.7 Å². The Bertz CT molecular complexity index is 1330. The standard InChI is InChI=1S/C23H24F3N7OS/c1-13(27)35-20(28)12-33-6-4-16-17(19-11-31(3)30-21(19)23(24,25)26)8-15(9-18(16)22(33)34)10-32-7-5-29-14(32)2/h5,7-9,11,27-28H,4,6,10,12H2,1-3H3. The van der Waals surface area contributed by atoms with Crippen LogP contribution in [-0.2, 0) is 26.2 Å². The number of benzene rings is 1. The van der Waals surface area contributed by atoms with Gasteiger partial charge in [0, 0.05) is 49.9 Å². The Hall–Kier alpha value is -3.41. The average Bonchev–Trinajstić information content (AvgIpc) is 3.34. The lowest BCUT2D eigenvalue weighted by atomic mass is 9.88. The predicted octanol–water partition coefficient (Wildman–Crippen LogP) is 4.37. The molecule has 1 aliphatic rings. The molecule has 4 rings (SSSR count). The molecule has 1 aliphatic heterocycles. The third kappa shape index (κ3) is 5.16. The van der Waals surface area contributed by atoms with Gasteiger partial charge >= 0.3 is 6.18 Å². The van der Waals surface area contributed by atoms with Crippen LogP contribution in [-0.4, -0.2) is 53.3 Å². The van der Waals surface area contributed by atoms with Crippen molar-refractivity contribution in [3.63, 3.8) is 0 Å². The summed E-state index contributed by atoms with van der Waals surface area (Å²) in [4.78, 5) is 19.1. The van der Waals surface area contributed by atoms with Crippen LogP contribution < -0.4 is 0 Å². The molecule has 2 N–H and O–H groups in total. The van der Waals surface area contributed by atoms with E-state index in [0.717, 1.165) is 22.3 Å². The van der Waals surface area contributed by atoms with E-state index < -0.39 is 11.9 Å². The van der Waals surface area contributed by atoms with Crippen molar-refractivity contribution in [2.75, 3.05) is 13.1 Å². The van der Waals surface area contributed by atoms with Crippen LogP contribution in [0.4, 0.5) is 13.2 Å². The van der Waals surface area contributed by atoms with Gasteiger partial charge in [-0.15, -0.1) is 0 Å². The fourth-order valence-corrected chi connectivity index (χ4v) is 4.84. The lowest BCUT2D eigenvalue weighted by molar-refractivity contribution is -0.140. The fourth-order valence-electron chi connectivity index (χ4n) is 4.25. The Kier molecular flexibility index (Phi) is 6.58. The van der Waals surface area contributed by atoms with E-state index in [0.29, 0.717) is 35.2 Å². The van der Waals surface area contributed by atoms with Crippen molar-refractivity contribution in [1.29, 1.82) is 10.8 Å². The number of aryl methyl sites for hydroxylation is 2.